The highest BCUT2D eigenvalue weighted by molar-refractivity contribution is 5.02. The number of aromatic nitrogens is 2. The lowest BCUT2D eigenvalue weighted by molar-refractivity contribution is 0.394. The van der Waals surface area contributed by atoms with Crippen molar-refractivity contribution >= 4 is 0 Å². The molecule has 0 aliphatic heterocycles. The molecule has 4 heteroatoms. The summed E-state index contributed by atoms with van der Waals surface area (Å²) in [6, 6.07) is 0. The van der Waals surface area contributed by atoms with Crippen LogP contribution in [0, 0.1) is 0 Å². The van der Waals surface area contributed by atoms with Gasteiger partial charge in [-0.15, -0.1) is 0 Å². The summed E-state index contributed by atoms with van der Waals surface area (Å²) >= 11 is 0. The lowest BCUT2D eigenvalue weighted by Gasteiger charge is -2.09. The number of aryl methyl sites for hydroxylation is 1. The van der Waals surface area contributed by atoms with Crippen LogP contribution in [0.4, 0.5) is 0 Å². The second-order valence-electron chi connectivity index (χ2n) is 3.86. The quantitative estimate of drug-likeness (QED) is 0.671. The van der Waals surface area contributed by atoms with Crippen LogP contribution in [-0.2, 0) is 13.6 Å². The first kappa shape index (κ1) is 11.2. The molecule has 0 saturated heterocycles. The number of hydrogen-bond donors (Lipinski definition) is 1. The van der Waals surface area contributed by atoms with Gasteiger partial charge >= 0.3 is 0 Å². The number of nitrogens with one attached hydrogen (secondary N) is 1. The molecule has 0 spiro atoms. The number of rotatable bonds is 6. The second kappa shape index (κ2) is 5.78. The minimum Gasteiger partial charge on any atom is -0.313 e. The predicted molar refractivity (Wildman–Crippen MR) is 58.1 cm³/mol. The Balaban J connectivity index is 2.04. The normalized spacial score (nSPS) is 11.1. The van der Waals surface area contributed by atoms with Crippen molar-refractivity contribution in [1.29, 1.82) is 0 Å². The van der Waals surface area contributed by atoms with Gasteiger partial charge in [0.1, 0.15) is 0 Å². The van der Waals surface area contributed by atoms with Crippen molar-refractivity contribution < 1.29 is 0 Å². The highest BCUT2D eigenvalue weighted by Crippen LogP contribution is 1.94. The third-order valence-electron chi connectivity index (χ3n) is 2.05. The van der Waals surface area contributed by atoms with Gasteiger partial charge in [0.25, 0.3) is 0 Å². The minimum absolute atomic E-state index is 0.918. The van der Waals surface area contributed by atoms with Gasteiger partial charge in [0.05, 0.1) is 6.20 Å². The Bertz CT molecular complexity index is 254. The molecule has 14 heavy (non-hydrogen) atoms. The zero-order valence-electron chi connectivity index (χ0n) is 9.32. The van der Waals surface area contributed by atoms with Crippen molar-refractivity contribution in [3.63, 3.8) is 0 Å². The van der Waals surface area contributed by atoms with Gasteiger partial charge in [0.2, 0.25) is 0 Å². The van der Waals surface area contributed by atoms with E-state index in [0.717, 1.165) is 19.6 Å². The average Bonchev–Trinajstić information content (AvgIpc) is 2.50. The van der Waals surface area contributed by atoms with E-state index in [1.807, 2.05) is 24.1 Å². The van der Waals surface area contributed by atoms with Gasteiger partial charge in [-0.05, 0) is 33.6 Å². The standard InChI is InChI=1S/C10H20N4/c1-13(2)6-4-5-11-7-10-8-12-14(3)9-10/h8-9,11H,4-7H2,1-3H3. The molecule has 4 nitrogen and oxygen atoms in total. The lowest BCUT2D eigenvalue weighted by atomic mass is 10.3. The Kier molecular flexibility index (Phi) is 4.62. The summed E-state index contributed by atoms with van der Waals surface area (Å²) in [6.07, 6.45) is 5.13. The first-order chi connectivity index (χ1) is 6.68. The van der Waals surface area contributed by atoms with Crippen molar-refractivity contribution in [2.45, 2.75) is 13.0 Å². The molecule has 0 aromatic carbocycles. The van der Waals surface area contributed by atoms with Crippen LogP contribution in [-0.4, -0.2) is 41.9 Å². The van der Waals surface area contributed by atoms with E-state index in [4.69, 9.17) is 0 Å². The van der Waals surface area contributed by atoms with Gasteiger partial charge < -0.3 is 10.2 Å². The third-order valence-corrected chi connectivity index (χ3v) is 2.05. The molecule has 0 aliphatic carbocycles. The Morgan fingerprint density at radius 2 is 2.29 bits per heavy atom. The SMILES string of the molecule is CN(C)CCCNCc1cnn(C)c1. The van der Waals surface area contributed by atoms with Crippen LogP contribution in [0.3, 0.4) is 0 Å². The van der Waals surface area contributed by atoms with Gasteiger partial charge in [-0.1, -0.05) is 0 Å². The fourth-order valence-corrected chi connectivity index (χ4v) is 1.32. The van der Waals surface area contributed by atoms with Crippen LogP contribution < -0.4 is 5.32 Å². The molecule has 1 rings (SSSR count). The van der Waals surface area contributed by atoms with Crippen LogP contribution in [0.2, 0.25) is 0 Å². The summed E-state index contributed by atoms with van der Waals surface area (Å²) in [7, 11) is 6.14. The summed E-state index contributed by atoms with van der Waals surface area (Å²) in [6.45, 7) is 3.12. The molecule has 1 aromatic rings. The zero-order chi connectivity index (χ0) is 10.4. The number of nitrogens with zero attached hydrogens (tertiary/aromatic N) is 3. The number of hydrogen-bond acceptors (Lipinski definition) is 3. The maximum Gasteiger partial charge on any atom is 0.0534 e. The Hall–Kier alpha value is -0.870. The molecule has 0 unspecified atom stereocenters. The van der Waals surface area contributed by atoms with Crippen molar-refractivity contribution in [1.82, 2.24) is 20.0 Å². The molecule has 0 radical (unpaired) electrons. The summed E-state index contributed by atoms with van der Waals surface area (Å²) in [5.74, 6) is 0. The highest BCUT2D eigenvalue weighted by Gasteiger charge is 1.95. The van der Waals surface area contributed by atoms with Gasteiger partial charge in [0.15, 0.2) is 0 Å². The molecule has 0 bridgehead atoms. The Labute approximate surface area is 85.9 Å². The van der Waals surface area contributed by atoms with Gasteiger partial charge in [-0.2, -0.15) is 5.10 Å². The van der Waals surface area contributed by atoms with Gasteiger partial charge in [-0.25, -0.2) is 0 Å². The van der Waals surface area contributed by atoms with Gasteiger partial charge in [0, 0.05) is 25.4 Å². The maximum absolute atomic E-state index is 4.11. The second-order valence-corrected chi connectivity index (χ2v) is 3.86. The molecule has 0 saturated carbocycles. The summed E-state index contributed by atoms with van der Waals surface area (Å²) < 4.78 is 1.83. The maximum atomic E-state index is 4.11. The van der Waals surface area contributed by atoms with Crippen LogP contribution in [0.25, 0.3) is 0 Å². The largest absolute Gasteiger partial charge is 0.313 e. The first-order valence-corrected chi connectivity index (χ1v) is 5.01. The average molecular weight is 196 g/mol. The summed E-state index contributed by atoms with van der Waals surface area (Å²) in [5.41, 5.74) is 1.25. The first-order valence-electron chi connectivity index (χ1n) is 5.01. The third kappa shape index (κ3) is 4.39. The fraction of sp³-hybridized carbons (Fsp3) is 0.700. The van der Waals surface area contributed by atoms with Crippen molar-refractivity contribution in [2.75, 3.05) is 27.2 Å². The Morgan fingerprint density at radius 3 is 2.86 bits per heavy atom. The topological polar surface area (TPSA) is 33.1 Å². The molecular formula is C10H20N4. The van der Waals surface area contributed by atoms with E-state index in [1.54, 1.807) is 0 Å². The van der Waals surface area contributed by atoms with Crippen molar-refractivity contribution in [3.05, 3.63) is 18.0 Å². The monoisotopic (exact) mass is 196 g/mol. The van der Waals surface area contributed by atoms with Crippen LogP contribution in [0.1, 0.15) is 12.0 Å². The van der Waals surface area contributed by atoms with Crippen molar-refractivity contribution in [2.24, 2.45) is 7.05 Å². The molecule has 0 atom stereocenters. The lowest BCUT2D eigenvalue weighted by Crippen LogP contribution is -2.20. The molecule has 0 fully saturated rings. The van der Waals surface area contributed by atoms with Gasteiger partial charge in [-0.3, -0.25) is 4.68 Å². The van der Waals surface area contributed by atoms with E-state index in [-0.39, 0.29) is 0 Å². The predicted octanol–water partition coefficient (Wildman–Crippen LogP) is 0.461. The van der Waals surface area contributed by atoms with Crippen LogP contribution >= 0.6 is 0 Å². The highest BCUT2D eigenvalue weighted by atomic mass is 15.2. The summed E-state index contributed by atoms with van der Waals surface area (Å²) in [4.78, 5) is 2.20. The van der Waals surface area contributed by atoms with Crippen LogP contribution in [0.5, 0.6) is 0 Å². The van der Waals surface area contributed by atoms with E-state index in [2.05, 4.69) is 29.4 Å². The van der Waals surface area contributed by atoms with E-state index in [0.29, 0.717) is 0 Å². The molecule has 1 heterocycles. The molecule has 1 aromatic heterocycles. The van der Waals surface area contributed by atoms with E-state index in [9.17, 15) is 0 Å². The van der Waals surface area contributed by atoms with E-state index < -0.39 is 0 Å². The molecule has 80 valence electrons. The summed E-state index contributed by atoms with van der Waals surface area (Å²) in [5, 5.41) is 7.50. The minimum atomic E-state index is 0.918. The zero-order valence-corrected chi connectivity index (χ0v) is 9.32. The van der Waals surface area contributed by atoms with E-state index in [1.165, 1.54) is 12.0 Å². The molecule has 1 N–H and O–H groups in total. The Morgan fingerprint density at radius 1 is 1.50 bits per heavy atom. The van der Waals surface area contributed by atoms with E-state index >= 15 is 0 Å². The molecular weight excluding hydrogens is 176 g/mol. The molecule has 0 aliphatic rings. The van der Waals surface area contributed by atoms with Crippen LogP contribution in [0.15, 0.2) is 12.4 Å². The molecule has 0 amide bonds. The van der Waals surface area contributed by atoms with Crippen molar-refractivity contribution in [3.8, 4) is 0 Å². The smallest absolute Gasteiger partial charge is 0.0534 e. The fourth-order valence-electron chi connectivity index (χ4n) is 1.32.